The Kier molecular flexibility index (Phi) is 6.61. The average Bonchev–Trinajstić information content (AvgIpc) is 2.83. The predicted octanol–water partition coefficient (Wildman–Crippen LogP) is 6.89. The van der Waals surface area contributed by atoms with Crippen molar-refractivity contribution in [3.05, 3.63) is 53.6 Å². The second kappa shape index (κ2) is 9.15. The van der Waals surface area contributed by atoms with Gasteiger partial charge in [-0.3, -0.25) is 4.79 Å². The molecule has 3 aliphatic rings. The smallest absolute Gasteiger partial charge is 0.347 e. The summed E-state index contributed by atoms with van der Waals surface area (Å²) < 4.78 is 43.2. The molecule has 2 N–H and O–H groups in total. The summed E-state index contributed by atoms with van der Waals surface area (Å²) in [4.78, 5) is 15.2. The Hall–Kier alpha value is -2.31. The Morgan fingerprint density at radius 2 is 1.61 bits per heavy atom. The molecule has 0 spiro atoms. The highest BCUT2D eigenvalue weighted by molar-refractivity contribution is 8.00. The maximum Gasteiger partial charge on any atom is 0.416 e. The van der Waals surface area contributed by atoms with Crippen molar-refractivity contribution in [1.29, 1.82) is 5.26 Å². The third kappa shape index (κ3) is 5.12. The number of carbonyl (C=O) groups excluding carboxylic acids is 1. The van der Waals surface area contributed by atoms with Crippen LogP contribution in [0.3, 0.4) is 0 Å². The number of amides is 1. The van der Waals surface area contributed by atoms with Crippen molar-refractivity contribution in [3.63, 3.8) is 0 Å². The van der Waals surface area contributed by atoms with Crippen molar-refractivity contribution < 1.29 is 18.0 Å². The van der Waals surface area contributed by atoms with E-state index < -0.39 is 23.2 Å². The summed E-state index contributed by atoms with van der Waals surface area (Å²) in [6.07, 6.45) is 1.57. The van der Waals surface area contributed by atoms with E-state index in [2.05, 4.69) is 16.1 Å². The molecule has 0 atom stereocenters. The SMILES string of the molecule is CSc1ccc(SNc2ccc(C(F)(F)F)cc2C(=O)NC23CCC(C#N)(CC2)CC3)cc1. The van der Waals surface area contributed by atoms with Crippen LogP contribution in [0.2, 0.25) is 0 Å². The zero-order valence-corrected chi connectivity index (χ0v) is 19.7. The molecule has 3 saturated carbocycles. The monoisotopic (exact) mass is 491 g/mol. The normalized spacial score (nSPS) is 24.2. The van der Waals surface area contributed by atoms with Gasteiger partial charge in [-0.25, -0.2) is 0 Å². The third-order valence-electron chi connectivity index (χ3n) is 6.79. The van der Waals surface area contributed by atoms with Gasteiger partial charge in [0.05, 0.1) is 28.3 Å². The number of nitriles is 1. The molecule has 3 aliphatic carbocycles. The summed E-state index contributed by atoms with van der Waals surface area (Å²) in [5.41, 5.74) is -1.33. The quantitative estimate of drug-likeness (QED) is 0.340. The molecule has 33 heavy (non-hydrogen) atoms. The summed E-state index contributed by atoms with van der Waals surface area (Å²) in [5.74, 6) is -0.520. The first-order chi connectivity index (χ1) is 15.7. The molecular weight excluding hydrogens is 467 g/mol. The lowest BCUT2D eigenvalue weighted by atomic mass is 9.58. The molecule has 2 aromatic carbocycles. The standard InChI is InChI=1S/C24H24F3N3OS2/c1-32-17-3-5-18(6-4-17)33-30-20-7-2-16(24(25,26)27)14-19(20)21(31)29-23-11-8-22(15-28,9-12-23)10-13-23/h2-7,14,30H,8-13H2,1H3,(H,29,31). The number of fused-ring (bicyclic) bond motifs is 3. The molecule has 0 heterocycles. The second-order valence-electron chi connectivity index (χ2n) is 8.76. The van der Waals surface area contributed by atoms with Gasteiger partial charge in [-0.2, -0.15) is 18.4 Å². The number of nitrogens with one attached hydrogen (secondary N) is 2. The van der Waals surface area contributed by atoms with E-state index in [1.165, 1.54) is 18.0 Å². The van der Waals surface area contributed by atoms with Crippen LogP contribution in [0.4, 0.5) is 18.9 Å². The van der Waals surface area contributed by atoms with E-state index in [-0.39, 0.29) is 11.0 Å². The predicted molar refractivity (Wildman–Crippen MR) is 125 cm³/mol. The Labute approximate surface area is 199 Å². The lowest BCUT2D eigenvalue weighted by molar-refractivity contribution is -0.137. The van der Waals surface area contributed by atoms with Gasteiger partial charge in [0.25, 0.3) is 5.91 Å². The molecule has 0 aliphatic heterocycles. The lowest BCUT2D eigenvalue weighted by Crippen LogP contribution is -2.56. The molecule has 174 valence electrons. The van der Waals surface area contributed by atoms with E-state index >= 15 is 0 Å². The van der Waals surface area contributed by atoms with Gasteiger partial charge in [-0.15, -0.1) is 11.8 Å². The topological polar surface area (TPSA) is 64.9 Å². The number of halogens is 3. The van der Waals surface area contributed by atoms with Crippen LogP contribution in [0.15, 0.2) is 52.3 Å². The summed E-state index contributed by atoms with van der Waals surface area (Å²) in [5, 5.41) is 12.5. The lowest BCUT2D eigenvalue weighted by Gasteiger charge is -2.50. The van der Waals surface area contributed by atoms with Crippen molar-refractivity contribution in [2.24, 2.45) is 5.41 Å². The van der Waals surface area contributed by atoms with Crippen LogP contribution < -0.4 is 10.0 Å². The molecular formula is C24H24F3N3OS2. The average molecular weight is 492 g/mol. The molecule has 2 aromatic rings. The molecule has 0 radical (unpaired) electrons. The fourth-order valence-electron chi connectivity index (χ4n) is 4.60. The molecule has 0 saturated heterocycles. The van der Waals surface area contributed by atoms with E-state index in [0.29, 0.717) is 44.2 Å². The number of carbonyl (C=O) groups is 1. The van der Waals surface area contributed by atoms with Crippen LogP contribution in [-0.2, 0) is 6.18 Å². The maximum absolute atomic E-state index is 13.4. The minimum atomic E-state index is -4.55. The Morgan fingerprint density at radius 1 is 1.00 bits per heavy atom. The Balaban J connectivity index is 1.55. The molecule has 0 unspecified atom stereocenters. The van der Waals surface area contributed by atoms with Gasteiger partial charge in [0.2, 0.25) is 0 Å². The van der Waals surface area contributed by atoms with Crippen LogP contribution in [0.25, 0.3) is 0 Å². The van der Waals surface area contributed by atoms with Crippen molar-refractivity contribution in [1.82, 2.24) is 5.32 Å². The summed E-state index contributed by atoms with van der Waals surface area (Å²) in [6, 6.07) is 13.4. The minimum absolute atomic E-state index is 0.0323. The van der Waals surface area contributed by atoms with Crippen molar-refractivity contribution in [3.8, 4) is 6.07 Å². The van der Waals surface area contributed by atoms with E-state index in [9.17, 15) is 23.2 Å². The Bertz CT molecular complexity index is 1060. The molecule has 5 rings (SSSR count). The van der Waals surface area contributed by atoms with Gasteiger partial charge >= 0.3 is 6.18 Å². The van der Waals surface area contributed by atoms with Gasteiger partial charge in [-0.1, -0.05) is 0 Å². The third-order valence-corrected chi connectivity index (χ3v) is 8.37. The summed E-state index contributed by atoms with van der Waals surface area (Å²) in [7, 11) is 0. The molecule has 4 nitrogen and oxygen atoms in total. The van der Waals surface area contributed by atoms with Gasteiger partial charge in [0.15, 0.2) is 0 Å². The number of thioether (sulfide) groups is 1. The largest absolute Gasteiger partial charge is 0.416 e. The van der Waals surface area contributed by atoms with Crippen LogP contribution >= 0.6 is 23.7 Å². The first-order valence-electron chi connectivity index (χ1n) is 10.7. The van der Waals surface area contributed by atoms with Crippen LogP contribution in [0.1, 0.15) is 54.4 Å². The minimum Gasteiger partial charge on any atom is -0.347 e. The van der Waals surface area contributed by atoms with E-state index in [0.717, 1.165) is 21.9 Å². The highest BCUT2D eigenvalue weighted by Gasteiger charge is 2.49. The highest BCUT2D eigenvalue weighted by Crippen LogP contribution is 2.52. The van der Waals surface area contributed by atoms with Crippen molar-refractivity contribution in [2.75, 3.05) is 11.0 Å². The van der Waals surface area contributed by atoms with E-state index in [1.807, 2.05) is 30.5 Å². The van der Waals surface area contributed by atoms with Gasteiger partial charge in [-0.05, 0) is 99.2 Å². The van der Waals surface area contributed by atoms with Gasteiger partial charge < -0.3 is 10.0 Å². The summed E-state index contributed by atoms with van der Waals surface area (Å²) >= 11 is 2.86. The van der Waals surface area contributed by atoms with Crippen LogP contribution in [-0.4, -0.2) is 17.7 Å². The fraction of sp³-hybridized carbons (Fsp3) is 0.417. The number of hydrogen-bond donors (Lipinski definition) is 2. The number of nitrogens with zero attached hydrogens (tertiary/aromatic N) is 1. The number of hydrogen-bond acceptors (Lipinski definition) is 5. The first-order valence-corrected chi connectivity index (χ1v) is 12.7. The van der Waals surface area contributed by atoms with Crippen molar-refractivity contribution >= 4 is 35.3 Å². The number of benzene rings is 2. The molecule has 3 fully saturated rings. The van der Waals surface area contributed by atoms with Crippen molar-refractivity contribution in [2.45, 2.75) is 60.0 Å². The highest BCUT2D eigenvalue weighted by atomic mass is 32.2. The molecule has 2 bridgehead atoms. The fourth-order valence-corrected chi connectivity index (χ4v) is 5.69. The second-order valence-corrected chi connectivity index (χ2v) is 10.5. The Morgan fingerprint density at radius 3 is 2.15 bits per heavy atom. The zero-order chi connectivity index (χ0) is 23.7. The zero-order valence-electron chi connectivity index (χ0n) is 18.1. The summed E-state index contributed by atoms with van der Waals surface area (Å²) in [6.45, 7) is 0. The van der Waals surface area contributed by atoms with Gasteiger partial charge in [0.1, 0.15) is 0 Å². The van der Waals surface area contributed by atoms with Crippen LogP contribution in [0, 0.1) is 16.7 Å². The van der Waals surface area contributed by atoms with Crippen LogP contribution in [0.5, 0.6) is 0 Å². The van der Waals surface area contributed by atoms with E-state index in [1.54, 1.807) is 11.8 Å². The van der Waals surface area contributed by atoms with E-state index in [4.69, 9.17) is 0 Å². The number of rotatable bonds is 6. The number of anilines is 1. The molecule has 0 aromatic heterocycles. The number of alkyl halides is 3. The maximum atomic E-state index is 13.4. The molecule has 1 amide bonds. The first kappa shape index (κ1) is 23.8. The van der Waals surface area contributed by atoms with Gasteiger partial charge in [0, 0.05) is 15.3 Å². The molecule has 9 heteroatoms.